The fourth-order valence-electron chi connectivity index (χ4n) is 1.47. The van der Waals surface area contributed by atoms with Crippen LogP contribution in [-0.4, -0.2) is 28.6 Å². The number of aliphatic hydroxyl groups excluding tert-OH is 1. The molecule has 1 heterocycles. The molecule has 0 fully saturated rings. The normalized spacial score (nSPS) is 12.1. The van der Waals surface area contributed by atoms with Crippen LogP contribution in [0.4, 0.5) is 5.69 Å². The Kier molecular flexibility index (Phi) is 5.06. The van der Waals surface area contributed by atoms with Gasteiger partial charge in [0.15, 0.2) is 0 Å². The van der Waals surface area contributed by atoms with Gasteiger partial charge in [-0.15, -0.1) is 11.8 Å². The number of nitrogens with two attached hydrogens (primary N) is 1. The molecule has 19 heavy (non-hydrogen) atoms. The summed E-state index contributed by atoms with van der Waals surface area (Å²) in [5, 5.41) is 9.86. The van der Waals surface area contributed by atoms with Gasteiger partial charge in [-0.1, -0.05) is 12.1 Å². The van der Waals surface area contributed by atoms with Crippen molar-refractivity contribution in [2.75, 3.05) is 18.1 Å². The van der Waals surface area contributed by atoms with Crippen molar-refractivity contribution in [1.29, 1.82) is 0 Å². The predicted molar refractivity (Wildman–Crippen MR) is 77.3 cm³/mol. The Morgan fingerprint density at radius 3 is 2.68 bits per heavy atom. The van der Waals surface area contributed by atoms with E-state index >= 15 is 0 Å². The first kappa shape index (κ1) is 13.7. The third-order valence-corrected chi connectivity index (χ3v) is 3.60. The van der Waals surface area contributed by atoms with Crippen molar-refractivity contribution >= 4 is 17.4 Å². The molecular formula is C14H16N2O2S. The molecular weight excluding hydrogens is 260 g/mol. The zero-order valence-corrected chi connectivity index (χ0v) is 11.2. The Labute approximate surface area is 116 Å². The van der Waals surface area contributed by atoms with Crippen molar-refractivity contribution in [1.82, 2.24) is 4.98 Å². The molecule has 1 aromatic carbocycles. The molecule has 0 spiro atoms. The average molecular weight is 276 g/mol. The lowest BCUT2D eigenvalue weighted by Gasteiger charge is -2.13. The number of ether oxygens (including phenoxy) is 1. The summed E-state index contributed by atoms with van der Waals surface area (Å²) in [6.07, 6.45) is 2.92. The Morgan fingerprint density at radius 2 is 1.95 bits per heavy atom. The number of nitrogen functional groups attached to an aromatic ring is 1. The van der Waals surface area contributed by atoms with Crippen LogP contribution in [0, 0.1) is 0 Å². The Balaban J connectivity index is 1.76. The number of pyridine rings is 1. The van der Waals surface area contributed by atoms with Crippen LogP contribution >= 0.6 is 11.8 Å². The Hall–Kier alpha value is -1.72. The third kappa shape index (κ3) is 4.46. The summed E-state index contributed by atoms with van der Waals surface area (Å²) in [6, 6.07) is 11.1. The van der Waals surface area contributed by atoms with Gasteiger partial charge in [-0.25, -0.2) is 0 Å². The fourth-order valence-corrected chi connectivity index (χ4v) is 2.27. The standard InChI is InChI=1S/C14H16N2O2S/c15-13-3-1-2-4-14(13)18-9-11(17)10-19-12-5-7-16-8-6-12/h1-8,11,17H,9-10,15H2. The quantitative estimate of drug-likeness (QED) is 0.625. The van der Waals surface area contributed by atoms with E-state index in [2.05, 4.69) is 4.98 Å². The van der Waals surface area contributed by atoms with E-state index in [1.165, 1.54) is 0 Å². The van der Waals surface area contributed by atoms with E-state index in [4.69, 9.17) is 10.5 Å². The van der Waals surface area contributed by atoms with E-state index in [0.29, 0.717) is 17.2 Å². The van der Waals surface area contributed by atoms with Gasteiger partial charge >= 0.3 is 0 Å². The SMILES string of the molecule is Nc1ccccc1OCC(O)CSc1ccncc1. The summed E-state index contributed by atoms with van der Waals surface area (Å²) in [5.74, 6) is 1.17. The van der Waals surface area contributed by atoms with Gasteiger partial charge in [0.2, 0.25) is 0 Å². The van der Waals surface area contributed by atoms with Crippen LogP contribution < -0.4 is 10.5 Å². The highest BCUT2D eigenvalue weighted by Crippen LogP contribution is 2.21. The summed E-state index contributed by atoms with van der Waals surface area (Å²) < 4.78 is 5.49. The van der Waals surface area contributed by atoms with Crippen LogP contribution in [0.25, 0.3) is 0 Å². The summed E-state index contributed by atoms with van der Waals surface area (Å²) in [7, 11) is 0. The van der Waals surface area contributed by atoms with Gasteiger partial charge < -0.3 is 15.6 Å². The van der Waals surface area contributed by atoms with Crippen LogP contribution in [0.5, 0.6) is 5.75 Å². The largest absolute Gasteiger partial charge is 0.489 e. The van der Waals surface area contributed by atoms with Gasteiger partial charge in [0.25, 0.3) is 0 Å². The number of para-hydroxylation sites is 2. The first-order valence-electron chi connectivity index (χ1n) is 5.94. The number of thioether (sulfide) groups is 1. The molecule has 2 aromatic rings. The smallest absolute Gasteiger partial charge is 0.142 e. The molecule has 1 aromatic heterocycles. The second-order valence-corrected chi connectivity index (χ2v) is 5.09. The van der Waals surface area contributed by atoms with Gasteiger partial charge in [-0.2, -0.15) is 0 Å². The highest BCUT2D eigenvalue weighted by molar-refractivity contribution is 7.99. The first-order valence-corrected chi connectivity index (χ1v) is 6.92. The number of aromatic nitrogens is 1. The van der Waals surface area contributed by atoms with E-state index < -0.39 is 6.10 Å². The molecule has 1 atom stereocenters. The minimum atomic E-state index is -0.544. The molecule has 0 bridgehead atoms. The van der Waals surface area contributed by atoms with Crippen molar-refractivity contribution in [2.24, 2.45) is 0 Å². The van der Waals surface area contributed by atoms with Crippen LogP contribution in [0.2, 0.25) is 0 Å². The molecule has 0 aliphatic rings. The van der Waals surface area contributed by atoms with Crippen LogP contribution in [0.3, 0.4) is 0 Å². The lowest BCUT2D eigenvalue weighted by atomic mass is 10.3. The van der Waals surface area contributed by atoms with Crippen molar-refractivity contribution in [2.45, 2.75) is 11.0 Å². The molecule has 0 amide bonds. The highest BCUT2D eigenvalue weighted by Gasteiger charge is 2.07. The van der Waals surface area contributed by atoms with E-state index in [9.17, 15) is 5.11 Å². The lowest BCUT2D eigenvalue weighted by molar-refractivity contribution is 0.127. The van der Waals surface area contributed by atoms with Crippen LogP contribution in [0.15, 0.2) is 53.7 Å². The highest BCUT2D eigenvalue weighted by atomic mass is 32.2. The molecule has 0 saturated heterocycles. The van der Waals surface area contributed by atoms with E-state index in [-0.39, 0.29) is 6.61 Å². The summed E-state index contributed by atoms with van der Waals surface area (Å²) >= 11 is 1.57. The second kappa shape index (κ2) is 7.01. The van der Waals surface area contributed by atoms with Crippen LogP contribution in [-0.2, 0) is 0 Å². The third-order valence-electron chi connectivity index (χ3n) is 2.44. The molecule has 5 heteroatoms. The first-order chi connectivity index (χ1) is 9.25. The maximum atomic E-state index is 9.86. The van der Waals surface area contributed by atoms with Gasteiger partial charge in [-0.05, 0) is 24.3 Å². The fraction of sp³-hybridized carbons (Fsp3) is 0.214. The van der Waals surface area contributed by atoms with Gasteiger partial charge in [-0.3, -0.25) is 4.98 Å². The van der Waals surface area contributed by atoms with E-state index in [1.54, 1.807) is 36.3 Å². The number of hydrogen-bond donors (Lipinski definition) is 2. The maximum Gasteiger partial charge on any atom is 0.142 e. The second-order valence-electron chi connectivity index (χ2n) is 4.00. The number of nitrogens with zero attached hydrogens (tertiary/aromatic N) is 1. The summed E-state index contributed by atoms with van der Waals surface area (Å²) in [4.78, 5) is 5.02. The topological polar surface area (TPSA) is 68.4 Å². The van der Waals surface area contributed by atoms with Crippen molar-refractivity contribution in [3.8, 4) is 5.75 Å². The number of benzene rings is 1. The summed E-state index contributed by atoms with van der Waals surface area (Å²) in [5.41, 5.74) is 6.33. The molecule has 4 nitrogen and oxygen atoms in total. The molecule has 0 saturated carbocycles. The minimum absolute atomic E-state index is 0.228. The van der Waals surface area contributed by atoms with Gasteiger partial charge in [0.05, 0.1) is 11.8 Å². The molecule has 1 unspecified atom stereocenters. The van der Waals surface area contributed by atoms with E-state index in [0.717, 1.165) is 4.90 Å². The molecule has 100 valence electrons. The molecule has 2 rings (SSSR count). The van der Waals surface area contributed by atoms with E-state index in [1.807, 2.05) is 24.3 Å². The van der Waals surface area contributed by atoms with Crippen molar-refractivity contribution in [3.63, 3.8) is 0 Å². The molecule has 0 radical (unpaired) electrons. The van der Waals surface area contributed by atoms with Crippen molar-refractivity contribution < 1.29 is 9.84 Å². The summed E-state index contributed by atoms with van der Waals surface area (Å²) in [6.45, 7) is 0.228. The number of hydrogen-bond acceptors (Lipinski definition) is 5. The number of rotatable bonds is 6. The molecule has 0 aliphatic carbocycles. The predicted octanol–water partition coefficient (Wildman–Crippen LogP) is 2.20. The van der Waals surface area contributed by atoms with Gasteiger partial charge in [0, 0.05) is 23.0 Å². The van der Waals surface area contributed by atoms with Gasteiger partial charge in [0.1, 0.15) is 12.4 Å². The Bertz CT molecular complexity index is 508. The van der Waals surface area contributed by atoms with Crippen LogP contribution in [0.1, 0.15) is 0 Å². The number of aliphatic hydroxyl groups is 1. The average Bonchev–Trinajstić information content (AvgIpc) is 2.45. The molecule has 0 aliphatic heterocycles. The van der Waals surface area contributed by atoms with Crippen molar-refractivity contribution in [3.05, 3.63) is 48.8 Å². The molecule has 3 N–H and O–H groups in total. The minimum Gasteiger partial charge on any atom is -0.489 e. The maximum absolute atomic E-state index is 9.86. The Morgan fingerprint density at radius 1 is 1.21 bits per heavy atom. The zero-order chi connectivity index (χ0) is 13.5. The monoisotopic (exact) mass is 276 g/mol. The lowest BCUT2D eigenvalue weighted by Crippen LogP contribution is -2.20. The number of anilines is 1. The zero-order valence-electron chi connectivity index (χ0n) is 10.4.